The molecule has 0 bridgehead atoms. The molecule has 2 saturated heterocycles. The topological polar surface area (TPSA) is 58.4 Å². The van der Waals surface area contributed by atoms with Crippen molar-refractivity contribution in [3.8, 4) is 11.4 Å². The Morgan fingerprint density at radius 2 is 1.96 bits per heavy atom. The molecular formula is C19H26BN3O3. The summed E-state index contributed by atoms with van der Waals surface area (Å²) in [5.74, 6) is 1.25. The first-order chi connectivity index (χ1) is 12.3. The molecule has 2 aliphatic heterocycles. The summed E-state index contributed by atoms with van der Waals surface area (Å²) in [6.45, 7) is 10.8. The molecule has 0 N–H and O–H groups in total. The number of ether oxygens (including phenoxy) is 1. The largest absolute Gasteiger partial charge is 0.494 e. The fourth-order valence-electron chi connectivity index (χ4n) is 3.31. The lowest BCUT2D eigenvalue weighted by atomic mass is 9.78. The number of benzene rings is 1. The summed E-state index contributed by atoms with van der Waals surface area (Å²) in [7, 11) is -0.377. The van der Waals surface area contributed by atoms with Crippen LogP contribution in [0.1, 0.15) is 34.1 Å². The van der Waals surface area contributed by atoms with Crippen molar-refractivity contribution in [2.24, 2.45) is 5.92 Å². The van der Waals surface area contributed by atoms with Crippen LogP contribution in [-0.2, 0) is 20.6 Å². The van der Waals surface area contributed by atoms with E-state index in [2.05, 4.69) is 43.8 Å². The normalized spacial score (nSPS) is 24.3. The molecule has 1 aromatic carbocycles. The third kappa shape index (κ3) is 3.31. The van der Waals surface area contributed by atoms with E-state index in [4.69, 9.17) is 14.0 Å². The molecule has 1 aromatic heterocycles. The maximum absolute atomic E-state index is 6.15. The van der Waals surface area contributed by atoms with Gasteiger partial charge in [0.1, 0.15) is 6.33 Å². The zero-order valence-electron chi connectivity index (χ0n) is 15.9. The van der Waals surface area contributed by atoms with E-state index in [0.717, 1.165) is 43.0 Å². The average molecular weight is 355 g/mol. The summed E-state index contributed by atoms with van der Waals surface area (Å²) in [6, 6.07) is 8.10. The highest BCUT2D eigenvalue weighted by molar-refractivity contribution is 6.62. The number of rotatable bonds is 4. The van der Waals surface area contributed by atoms with Gasteiger partial charge in [-0.25, -0.2) is 4.98 Å². The summed E-state index contributed by atoms with van der Waals surface area (Å²) in [4.78, 5) is 4.48. The molecule has 2 fully saturated rings. The summed E-state index contributed by atoms with van der Waals surface area (Å²) in [6.07, 6.45) is 2.89. The second-order valence-corrected chi connectivity index (χ2v) is 8.23. The molecule has 1 unspecified atom stereocenters. The second-order valence-electron chi connectivity index (χ2n) is 8.23. The van der Waals surface area contributed by atoms with E-state index in [1.807, 2.05) is 22.9 Å². The first kappa shape index (κ1) is 17.7. The number of aromatic nitrogens is 3. The first-order valence-corrected chi connectivity index (χ1v) is 9.27. The van der Waals surface area contributed by atoms with Crippen LogP contribution < -0.4 is 5.46 Å². The summed E-state index contributed by atoms with van der Waals surface area (Å²) < 4.78 is 19.7. The van der Waals surface area contributed by atoms with Crippen molar-refractivity contribution < 1.29 is 14.0 Å². The SMILES string of the molecule is CC1(C)OB(c2cccc(-c3ncn(CC4CCOC4)n3)c2)OC1(C)C. The molecule has 0 aliphatic carbocycles. The Morgan fingerprint density at radius 3 is 2.65 bits per heavy atom. The molecular weight excluding hydrogens is 329 g/mol. The Bertz CT molecular complexity index is 768. The second kappa shape index (κ2) is 6.48. The zero-order chi connectivity index (χ0) is 18.4. The summed E-state index contributed by atoms with van der Waals surface area (Å²) in [5.41, 5.74) is 1.26. The quantitative estimate of drug-likeness (QED) is 0.788. The summed E-state index contributed by atoms with van der Waals surface area (Å²) in [5, 5.41) is 4.64. The van der Waals surface area contributed by atoms with Crippen LogP contribution in [0.15, 0.2) is 30.6 Å². The van der Waals surface area contributed by atoms with Crippen molar-refractivity contribution in [3.63, 3.8) is 0 Å². The fraction of sp³-hybridized carbons (Fsp3) is 0.579. The monoisotopic (exact) mass is 355 g/mol. The van der Waals surface area contributed by atoms with Crippen LogP contribution in [0.4, 0.5) is 0 Å². The maximum Gasteiger partial charge on any atom is 0.494 e. The number of hydrogen-bond donors (Lipinski definition) is 0. The van der Waals surface area contributed by atoms with E-state index < -0.39 is 0 Å². The molecule has 1 atom stereocenters. The highest BCUT2D eigenvalue weighted by Crippen LogP contribution is 2.36. The molecule has 3 heterocycles. The highest BCUT2D eigenvalue weighted by Gasteiger charge is 2.51. The molecule has 26 heavy (non-hydrogen) atoms. The van der Waals surface area contributed by atoms with Crippen LogP contribution in [0.25, 0.3) is 11.4 Å². The zero-order valence-corrected chi connectivity index (χ0v) is 15.9. The fourth-order valence-corrected chi connectivity index (χ4v) is 3.31. The molecule has 2 aliphatic rings. The van der Waals surface area contributed by atoms with Crippen LogP contribution in [0, 0.1) is 5.92 Å². The lowest BCUT2D eigenvalue weighted by molar-refractivity contribution is 0.00578. The van der Waals surface area contributed by atoms with Crippen molar-refractivity contribution >= 4 is 12.6 Å². The van der Waals surface area contributed by atoms with Crippen LogP contribution >= 0.6 is 0 Å². The van der Waals surface area contributed by atoms with E-state index in [0.29, 0.717) is 5.92 Å². The van der Waals surface area contributed by atoms with Crippen molar-refractivity contribution in [1.82, 2.24) is 14.8 Å². The standard InChI is InChI=1S/C19H26BN3O3/c1-18(2)19(3,4)26-20(25-18)16-7-5-6-15(10-16)17-21-13-23(22-17)11-14-8-9-24-12-14/h5-7,10,13-14H,8-9,11-12H2,1-4H3. The van der Waals surface area contributed by atoms with E-state index in [1.54, 1.807) is 6.33 Å². The maximum atomic E-state index is 6.15. The predicted octanol–water partition coefficient (Wildman–Crippen LogP) is 2.28. The minimum Gasteiger partial charge on any atom is -0.399 e. The third-order valence-corrected chi connectivity index (χ3v) is 5.68. The predicted molar refractivity (Wildman–Crippen MR) is 100 cm³/mol. The van der Waals surface area contributed by atoms with Crippen molar-refractivity contribution in [3.05, 3.63) is 30.6 Å². The molecule has 0 amide bonds. The Labute approximate surface area is 155 Å². The highest BCUT2D eigenvalue weighted by atomic mass is 16.7. The lowest BCUT2D eigenvalue weighted by Gasteiger charge is -2.32. The van der Waals surface area contributed by atoms with Crippen LogP contribution in [0.5, 0.6) is 0 Å². The van der Waals surface area contributed by atoms with Gasteiger partial charge >= 0.3 is 7.12 Å². The van der Waals surface area contributed by atoms with Crippen molar-refractivity contribution in [2.45, 2.75) is 51.9 Å². The van der Waals surface area contributed by atoms with Gasteiger partial charge in [0.05, 0.1) is 17.8 Å². The van der Waals surface area contributed by atoms with Gasteiger partial charge in [-0.15, -0.1) is 0 Å². The Kier molecular flexibility index (Phi) is 4.41. The van der Waals surface area contributed by atoms with Gasteiger partial charge in [-0.2, -0.15) is 5.10 Å². The first-order valence-electron chi connectivity index (χ1n) is 9.27. The van der Waals surface area contributed by atoms with Gasteiger partial charge in [-0.3, -0.25) is 4.68 Å². The average Bonchev–Trinajstić information content (AvgIpc) is 3.30. The van der Waals surface area contributed by atoms with E-state index in [-0.39, 0.29) is 18.3 Å². The summed E-state index contributed by atoms with van der Waals surface area (Å²) >= 11 is 0. The van der Waals surface area contributed by atoms with E-state index in [1.165, 1.54) is 0 Å². The van der Waals surface area contributed by atoms with Gasteiger partial charge < -0.3 is 14.0 Å². The Balaban J connectivity index is 1.52. The molecule has 0 spiro atoms. The number of hydrogen-bond acceptors (Lipinski definition) is 5. The van der Waals surface area contributed by atoms with E-state index in [9.17, 15) is 0 Å². The smallest absolute Gasteiger partial charge is 0.399 e. The van der Waals surface area contributed by atoms with Gasteiger partial charge in [0.15, 0.2) is 5.82 Å². The van der Waals surface area contributed by atoms with Gasteiger partial charge in [-0.05, 0) is 39.6 Å². The third-order valence-electron chi connectivity index (χ3n) is 5.68. The van der Waals surface area contributed by atoms with Crippen LogP contribution in [-0.4, -0.2) is 46.3 Å². The van der Waals surface area contributed by atoms with E-state index >= 15 is 0 Å². The van der Waals surface area contributed by atoms with Crippen LogP contribution in [0.2, 0.25) is 0 Å². The molecule has 7 heteroatoms. The molecule has 0 radical (unpaired) electrons. The molecule has 0 saturated carbocycles. The lowest BCUT2D eigenvalue weighted by Crippen LogP contribution is -2.41. The van der Waals surface area contributed by atoms with Crippen molar-refractivity contribution in [2.75, 3.05) is 13.2 Å². The van der Waals surface area contributed by atoms with Gasteiger partial charge in [0.25, 0.3) is 0 Å². The molecule has 138 valence electrons. The minimum absolute atomic E-state index is 0.350. The van der Waals surface area contributed by atoms with Crippen LogP contribution in [0.3, 0.4) is 0 Å². The Morgan fingerprint density at radius 1 is 1.19 bits per heavy atom. The molecule has 6 nitrogen and oxygen atoms in total. The van der Waals surface area contributed by atoms with Crippen molar-refractivity contribution in [1.29, 1.82) is 0 Å². The number of nitrogens with zero attached hydrogens (tertiary/aromatic N) is 3. The van der Waals surface area contributed by atoms with Gasteiger partial charge in [0, 0.05) is 24.6 Å². The Hall–Kier alpha value is -1.70. The minimum atomic E-state index is -0.377. The molecule has 2 aromatic rings. The van der Waals surface area contributed by atoms with Gasteiger partial charge in [0.2, 0.25) is 0 Å². The van der Waals surface area contributed by atoms with Gasteiger partial charge in [-0.1, -0.05) is 24.3 Å². The molecule has 4 rings (SSSR count).